The van der Waals surface area contributed by atoms with Gasteiger partial charge in [0.1, 0.15) is 18.2 Å². The highest BCUT2D eigenvalue weighted by atomic mass is 35.5. The molecule has 0 aliphatic carbocycles. The standard InChI is InChI=1S/C16H14ClFN4O2S/c17-11-1-5-13(6-2-11)22-16(19-20-21-22)25-10-14(23)9-24-15-7-3-12(18)4-8-15/h1-8,14,23H,9-10H2. The van der Waals surface area contributed by atoms with Crippen LogP contribution < -0.4 is 4.74 Å². The van der Waals surface area contributed by atoms with Crippen LogP contribution in [0.4, 0.5) is 4.39 Å². The lowest BCUT2D eigenvalue weighted by molar-refractivity contribution is 0.126. The number of halogens is 2. The van der Waals surface area contributed by atoms with E-state index in [1.807, 2.05) is 0 Å². The Labute approximate surface area is 152 Å². The van der Waals surface area contributed by atoms with Crippen LogP contribution in [0, 0.1) is 5.82 Å². The van der Waals surface area contributed by atoms with Crippen molar-refractivity contribution in [2.45, 2.75) is 11.3 Å². The van der Waals surface area contributed by atoms with Crippen LogP contribution in [0.15, 0.2) is 53.7 Å². The number of hydrogen-bond acceptors (Lipinski definition) is 6. The maximum atomic E-state index is 12.8. The van der Waals surface area contributed by atoms with Gasteiger partial charge in [-0.2, -0.15) is 4.68 Å². The van der Waals surface area contributed by atoms with Crippen LogP contribution in [0.2, 0.25) is 5.02 Å². The van der Waals surface area contributed by atoms with E-state index in [0.717, 1.165) is 5.69 Å². The average Bonchev–Trinajstić information content (AvgIpc) is 3.09. The Bertz CT molecular complexity index is 814. The number of rotatable bonds is 7. The van der Waals surface area contributed by atoms with Crippen molar-refractivity contribution in [3.63, 3.8) is 0 Å². The molecule has 2 aromatic carbocycles. The van der Waals surface area contributed by atoms with Crippen molar-refractivity contribution in [1.82, 2.24) is 20.2 Å². The van der Waals surface area contributed by atoms with Gasteiger partial charge in [0, 0.05) is 10.8 Å². The van der Waals surface area contributed by atoms with Crippen molar-refractivity contribution in [3.8, 4) is 11.4 Å². The normalized spacial score (nSPS) is 12.1. The molecule has 1 atom stereocenters. The van der Waals surface area contributed by atoms with E-state index in [0.29, 0.717) is 21.7 Å². The molecule has 1 unspecified atom stereocenters. The molecule has 0 spiro atoms. The summed E-state index contributed by atoms with van der Waals surface area (Å²) >= 11 is 7.18. The second-order valence-corrected chi connectivity index (χ2v) is 6.50. The molecule has 0 saturated heterocycles. The minimum Gasteiger partial charge on any atom is -0.491 e. The molecule has 0 amide bonds. The van der Waals surface area contributed by atoms with Gasteiger partial charge >= 0.3 is 0 Å². The van der Waals surface area contributed by atoms with Crippen LogP contribution in [0.1, 0.15) is 0 Å². The third kappa shape index (κ3) is 4.91. The van der Waals surface area contributed by atoms with Gasteiger partial charge in [0.15, 0.2) is 0 Å². The summed E-state index contributed by atoms with van der Waals surface area (Å²) < 4.78 is 19.8. The number of hydrogen-bond donors (Lipinski definition) is 1. The number of aliphatic hydroxyl groups excluding tert-OH is 1. The van der Waals surface area contributed by atoms with E-state index >= 15 is 0 Å². The first-order valence-corrected chi connectivity index (χ1v) is 8.72. The monoisotopic (exact) mass is 380 g/mol. The van der Waals surface area contributed by atoms with Gasteiger partial charge < -0.3 is 9.84 Å². The second-order valence-electron chi connectivity index (χ2n) is 5.08. The SMILES string of the molecule is OC(COc1ccc(F)cc1)CSc1nnnn1-c1ccc(Cl)cc1. The van der Waals surface area contributed by atoms with E-state index in [1.54, 1.807) is 28.9 Å². The molecular formula is C16H14ClFN4O2S. The lowest BCUT2D eigenvalue weighted by atomic mass is 10.3. The average molecular weight is 381 g/mol. The molecule has 9 heteroatoms. The topological polar surface area (TPSA) is 73.1 Å². The number of aromatic nitrogens is 4. The van der Waals surface area contributed by atoms with Crippen LogP contribution in [-0.4, -0.2) is 43.8 Å². The zero-order valence-corrected chi connectivity index (χ0v) is 14.5. The van der Waals surface area contributed by atoms with Crippen LogP contribution in [0.5, 0.6) is 5.75 Å². The molecule has 0 aliphatic heterocycles. The van der Waals surface area contributed by atoms with Crippen molar-refractivity contribution in [2.75, 3.05) is 12.4 Å². The number of nitrogens with zero attached hydrogens (tertiary/aromatic N) is 4. The molecule has 1 N–H and O–H groups in total. The molecule has 3 aromatic rings. The second kappa shape index (κ2) is 8.28. The van der Waals surface area contributed by atoms with Gasteiger partial charge in [-0.1, -0.05) is 23.4 Å². The molecule has 0 aliphatic rings. The summed E-state index contributed by atoms with van der Waals surface area (Å²) in [6, 6.07) is 12.7. The predicted molar refractivity (Wildman–Crippen MR) is 92.8 cm³/mol. The van der Waals surface area contributed by atoms with E-state index in [9.17, 15) is 9.50 Å². The van der Waals surface area contributed by atoms with Gasteiger partial charge in [-0.15, -0.1) is 5.10 Å². The summed E-state index contributed by atoms with van der Waals surface area (Å²) in [6.07, 6.45) is -0.731. The van der Waals surface area contributed by atoms with Crippen LogP contribution in [0.3, 0.4) is 0 Å². The number of aliphatic hydroxyl groups is 1. The van der Waals surface area contributed by atoms with Crippen LogP contribution >= 0.6 is 23.4 Å². The molecule has 130 valence electrons. The number of thioether (sulfide) groups is 1. The maximum Gasteiger partial charge on any atom is 0.214 e. The highest BCUT2D eigenvalue weighted by Crippen LogP contribution is 2.20. The molecule has 0 saturated carbocycles. The molecule has 25 heavy (non-hydrogen) atoms. The number of tetrazole rings is 1. The summed E-state index contributed by atoms with van der Waals surface area (Å²) in [5, 5.41) is 22.8. The lowest BCUT2D eigenvalue weighted by Gasteiger charge is -2.12. The molecule has 0 radical (unpaired) electrons. The Balaban J connectivity index is 1.54. The van der Waals surface area contributed by atoms with Gasteiger partial charge in [-0.25, -0.2) is 4.39 Å². The van der Waals surface area contributed by atoms with Crippen molar-refractivity contribution in [1.29, 1.82) is 0 Å². The lowest BCUT2D eigenvalue weighted by Crippen LogP contribution is -2.20. The number of benzene rings is 2. The Hall–Kier alpha value is -2.16. The summed E-state index contributed by atoms with van der Waals surface area (Å²) in [4.78, 5) is 0. The Morgan fingerprint density at radius 1 is 1.16 bits per heavy atom. The highest BCUT2D eigenvalue weighted by molar-refractivity contribution is 7.99. The van der Waals surface area contributed by atoms with E-state index in [4.69, 9.17) is 16.3 Å². The minimum absolute atomic E-state index is 0.0845. The Morgan fingerprint density at radius 3 is 2.60 bits per heavy atom. The first-order valence-electron chi connectivity index (χ1n) is 7.35. The van der Waals surface area contributed by atoms with Gasteiger partial charge in [0.05, 0.1) is 11.8 Å². The first kappa shape index (κ1) is 17.7. The maximum absolute atomic E-state index is 12.8. The fraction of sp³-hybridized carbons (Fsp3) is 0.188. The smallest absolute Gasteiger partial charge is 0.214 e. The zero-order valence-electron chi connectivity index (χ0n) is 12.9. The third-order valence-corrected chi connectivity index (χ3v) is 4.49. The minimum atomic E-state index is -0.731. The van der Waals surface area contributed by atoms with Gasteiger partial charge in [0.25, 0.3) is 0 Å². The summed E-state index contributed by atoms with van der Waals surface area (Å²) in [7, 11) is 0. The Kier molecular flexibility index (Phi) is 5.85. The van der Waals surface area contributed by atoms with Crippen molar-refractivity contribution in [2.24, 2.45) is 0 Å². The van der Waals surface area contributed by atoms with E-state index in [2.05, 4.69) is 15.5 Å². The zero-order chi connectivity index (χ0) is 17.6. The van der Waals surface area contributed by atoms with Crippen LogP contribution in [0.25, 0.3) is 5.69 Å². The largest absolute Gasteiger partial charge is 0.491 e. The van der Waals surface area contributed by atoms with Gasteiger partial charge in [-0.3, -0.25) is 0 Å². The van der Waals surface area contributed by atoms with Crippen molar-refractivity contribution in [3.05, 3.63) is 59.4 Å². The van der Waals surface area contributed by atoms with E-state index in [-0.39, 0.29) is 12.4 Å². The third-order valence-electron chi connectivity index (χ3n) is 3.17. The molecule has 3 rings (SSSR count). The molecule has 0 fully saturated rings. The first-order chi connectivity index (χ1) is 12.1. The van der Waals surface area contributed by atoms with E-state index < -0.39 is 6.10 Å². The molecule has 0 bridgehead atoms. The van der Waals surface area contributed by atoms with Crippen molar-refractivity contribution < 1.29 is 14.2 Å². The predicted octanol–water partition coefficient (Wildman–Crippen LogP) is 2.99. The Morgan fingerprint density at radius 2 is 1.88 bits per heavy atom. The van der Waals surface area contributed by atoms with Crippen molar-refractivity contribution >= 4 is 23.4 Å². The quantitative estimate of drug-likeness (QED) is 0.635. The summed E-state index contributed by atoms with van der Waals surface area (Å²) in [6.45, 7) is 0.0845. The molecule has 1 aromatic heterocycles. The van der Waals surface area contributed by atoms with Crippen LogP contribution in [-0.2, 0) is 0 Å². The van der Waals surface area contributed by atoms with Gasteiger partial charge in [0.2, 0.25) is 5.16 Å². The fourth-order valence-electron chi connectivity index (χ4n) is 1.96. The number of ether oxygens (including phenoxy) is 1. The molecule has 6 nitrogen and oxygen atoms in total. The summed E-state index contributed by atoms with van der Waals surface area (Å²) in [5.74, 6) is 0.503. The van der Waals surface area contributed by atoms with Gasteiger partial charge in [-0.05, 0) is 59.0 Å². The summed E-state index contributed by atoms with van der Waals surface area (Å²) in [5.41, 5.74) is 0.772. The molecule has 1 heterocycles. The highest BCUT2D eigenvalue weighted by Gasteiger charge is 2.13. The fourth-order valence-corrected chi connectivity index (χ4v) is 2.88. The molecular weight excluding hydrogens is 367 g/mol. The van der Waals surface area contributed by atoms with E-state index in [1.165, 1.54) is 36.0 Å².